The Morgan fingerprint density at radius 1 is 0.913 bits per heavy atom. The molecule has 0 aromatic heterocycles. The second-order valence-corrected chi connectivity index (χ2v) is 5.79. The van der Waals surface area contributed by atoms with Gasteiger partial charge in [0.2, 0.25) is 0 Å². The largest absolute Gasteiger partial charge is 0.492 e. The first-order valence-electron chi connectivity index (χ1n) is 8.12. The number of nitrogens with zero attached hydrogens (tertiary/aromatic N) is 1. The van der Waals surface area contributed by atoms with Crippen LogP contribution in [0.1, 0.15) is 18.4 Å². The molecule has 0 unspecified atom stereocenters. The Morgan fingerprint density at radius 2 is 1.61 bits per heavy atom. The minimum atomic E-state index is -0.243. The number of benzene rings is 2. The minimum absolute atomic E-state index is 0.243. The van der Waals surface area contributed by atoms with Crippen molar-refractivity contribution in [3.63, 3.8) is 0 Å². The first-order chi connectivity index (χ1) is 11.3. The summed E-state index contributed by atoms with van der Waals surface area (Å²) in [5, 5.41) is 0. The Hall–Kier alpha value is -2.07. The average molecular weight is 315 g/mol. The first-order valence-corrected chi connectivity index (χ1v) is 8.12. The average Bonchev–Trinajstić information content (AvgIpc) is 3.08. The van der Waals surface area contributed by atoms with Gasteiger partial charge in [0.15, 0.2) is 0 Å². The zero-order valence-corrected chi connectivity index (χ0v) is 13.2. The molecule has 1 aliphatic heterocycles. The summed E-state index contributed by atoms with van der Waals surface area (Å²) in [5.41, 5.74) is 0.816. The molecule has 0 atom stereocenters. The third kappa shape index (κ3) is 4.96. The molecule has 4 heteroatoms. The molecule has 0 bridgehead atoms. The zero-order chi connectivity index (χ0) is 15.9. The Labute approximate surface area is 136 Å². The smallest absolute Gasteiger partial charge is 0.123 e. The van der Waals surface area contributed by atoms with E-state index in [0.29, 0.717) is 13.2 Å². The van der Waals surface area contributed by atoms with Crippen LogP contribution in [0.5, 0.6) is 11.5 Å². The molecule has 1 aliphatic rings. The second kappa shape index (κ2) is 7.97. The van der Waals surface area contributed by atoms with Crippen LogP contribution in [-0.2, 0) is 6.61 Å². The summed E-state index contributed by atoms with van der Waals surface area (Å²) in [6, 6.07) is 14.0. The molecule has 1 heterocycles. The lowest BCUT2D eigenvalue weighted by atomic mass is 10.2. The van der Waals surface area contributed by atoms with Crippen molar-refractivity contribution in [2.45, 2.75) is 19.4 Å². The number of halogens is 1. The summed E-state index contributed by atoms with van der Waals surface area (Å²) in [6.07, 6.45) is 2.61. The van der Waals surface area contributed by atoms with Crippen molar-refractivity contribution in [2.75, 3.05) is 26.2 Å². The number of hydrogen-bond acceptors (Lipinski definition) is 3. The monoisotopic (exact) mass is 315 g/mol. The molecule has 23 heavy (non-hydrogen) atoms. The van der Waals surface area contributed by atoms with Crippen LogP contribution in [0, 0.1) is 5.82 Å². The molecule has 2 aromatic rings. The molecule has 0 N–H and O–H groups in total. The molecule has 1 fully saturated rings. The summed E-state index contributed by atoms with van der Waals surface area (Å²) in [5.74, 6) is 1.36. The molecule has 2 aromatic carbocycles. The fourth-order valence-corrected chi connectivity index (χ4v) is 2.72. The number of hydrogen-bond donors (Lipinski definition) is 0. The van der Waals surface area contributed by atoms with E-state index in [0.717, 1.165) is 23.6 Å². The summed E-state index contributed by atoms with van der Waals surface area (Å²) in [4.78, 5) is 2.43. The van der Waals surface area contributed by atoms with Crippen LogP contribution in [0.4, 0.5) is 4.39 Å². The molecule has 1 saturated heterocycles. The van der Waals surface area contributed by atoms with E-state index in [-0.39, 0.29) is 5.82 Å². The molecule has 3 rings (SSSR count). The summed E-state index contributed by atoms with van der Waals surface area (Å²) >= 11 is 0. The standard InChI is InChI=1S/C19H22FNO2/c20-17-5-3-4-16(14-17)15-23-19-8-6-18(7-9-19)22-13-12-21-10-1-2-11-21/h3-9,14H,1-2,10-13,15H2. The van der Waals surface area contributed by atoms with Crippen LogP contribution in [0.15, 0.2) is 48.5 Å². The van der Waals surface area contributed by atoms with Crippen molar-refractivity contribution in [1.82, 2.24) is 4.90 Å². The highest BCUT2D eigenvalue weighted by molar-refractivity contribution is 5.31. The van der Waals surface area contributed by atoms with Crippen LogP contribution in [0.25, 0.3) is 0 Å². The maximum atomic E-state index is 13.1. The van der Waals surface area contributed by atoms with Gasteiger partial charge in [-0.2, -0.15) is 0 Å². The minimum Gasteiger partial charge on any atom is -0.492 e. The predicted molar refractivity (Wildman–Crippen MR) is 88.3 cm³/mol. The van der Waals surface area contributed by atoms with Crippen molar-refractivity contribution in [3.05, 3.63) is 59.9 Å². The first kappa shape index (κ1) is 15.8. The van der Waals surface area contributed by atoms with Gasteiger partial charge in [0.1, 0.15) is 30.5 Å². The maximum Gasteiger partial charge on any atom is 0.123 e. The van der Waals surface area contributed by atoms with Crippen LogP contribution < -0.4 is 9.47 Å². The lowest BCUT2D eigenvalue weighted by molar-refractivity contribution is 0.237. The maximum absolute atomic E-state index is 13.1. The van der Waals surface area contributed by atoms with E-state index in [1.165, 1.54) is 38.1 Å². The van der Waals surface area contributed by atoms with Crippen LogP contribution in [0.2, 0.25) is 0 Å². The molecule has 122 valence electrons. The van der Waals surface area contributed by atoms with E-state index in [2.05, 4.69) is 4.90 Å². The van der Waals surface area contributed by atoms with Crippen molar-refractivity contribution in [3.8, 4) is 11.5 Å². The van der Waals surface area contributed by atoms with E-state index in [9.17, 15) is 4.39 Å². The quantitative estimate of drug-likeness (QED) is 0.774. The van der Waals surface area contributed by atoms with Gasteiger partial charge >= 0.3 is 0 Å². The SMILES string of the molecule is Fc1cccc(COc2ccc(OCCN3CCCC3)cc2)c1. The van der Waals surface area contributed by atoms with Gasteiger partial charge in [0, 0.05) is 6.54 Å². The third-order valence-electron chi connectivity index (χ3n) is 3.99. The fraction of sp³-hybridized carbons (Fsp3) is 0.368. The highest BCUT2D eigenvalue weighted by atomic mass is 19.1. The number of likely N-dealkylation sites (tertiary alicyclic amines) is 1. The Kier molecular flexibility index (Phi) is 5.48. The molecule has 0 amide bonds. The lowest BCUT2D eigenvalue weighted by Gasteiger charge is -2.15. The van der Waals surface area contributed by atoms with Gasteiger partial charge in [-0.05, 0) is 67.9 Å². The van der Waals surface area contributed by atoms with Gasteiger partial charge in [0.25, 0.3) is 0 Å². The predicted octanol–water partition coefficient (Wildman–Crippen LogP) is 3.88. The molecule has 0 aliphatic carbocycles. The van der Waals surface area contributed by atoms with E-state index in [4.69, 9.17) is 9.47 Å². The Balaban J connectivity index is 1.43. The van der Waals surface area contributed by atoms with Crippen molar-refractivity contribution >= 4 is 0 Å². The molecular weight excluding hydrogens is 293 g/mol. The van der Waals surface area contributed by atoms with Gasteiger partial charge in [0.05, 0.1) is 0 Å². The fourth-order valence-electron chi connectivity index (χ4n) is 2.72. The van der Waals surface area contributed by atoms with Gasteiger partial charge in [-0.15, -0.1) is 0 Å². The Morgan fingerprint density at radius 3 is 2.30 bits per heavy atom. The van der Waals surface area contributed by atoms with E-state index in [1.807, 2.05) is 30.3 Å². The third-order valence-corrected chi connectivity index (χ3v) is 3.99. The topological polar surface area (TPSA) is 21.7 Å². The van der Waals surface area contributed by atoms with E-state index < -0.39 is 0 Å². The summed E-state index contributed by atoms with van der Waals surface area (Å²) in [6.45, 7) is 4.43. The second-order valence-electron chi connectivity index (χ2n) is 5.79. The molecule has 0 saturated carbocycles. The molecule has 0 spiro atoms. The van der Waals surface area contributed by atoms with Crippen LogP contribution in [-0.4, -0.2) is 31.1 Å². The van der Waals surface area contributed by atoms with Gasteiger partial charge in [-0.1, -0.05) is 12.1 Å². The van der Waals surface area contributed by atoms with E-state index in [1.54, 1.807) is 6.07 Å². The van der Waals surface area contributed by atoms with Crippen LogP contribution in [0.3, 0.4) is 0 Å². The van der Waals surface area contributed by atoms with Crippen molar-refractivity contribution in [2.24, 2.45) is 0 Å². The molecule has 0 radical (unpaired) electrons. The number of ether oxygens (including phenoxy) is 2. The summed E-state index contributed by atoms with van der Waals surface area (Å²) in [7, 11) is 0. The lowest BCUT2D eigenvalue weighted by Crippen LogP contribution is -2.25. The zero-order valence-electron chi connectivity index (χ0n) is 13.2. The van der Waals surface area contributed by atoms with Gasteiger partial charge in [-0.25, -0.2) is 4.39 Å². The molecular formula is C19H22FNO2. The summed E-state index contributed by atoms with van der Waals surface area (Å²) < 4.78 is 24.5. The van der Waals surface area contributed by atoms with Crippen LogP contribution >= 0.6 is 0 Å². The molecule has 3 nitrogen and oxygen atoms in total. The van der Waals surface area contributed by atoms with E-state index >= 15 is 0 Å². The van der Waals surface area contributed by atoms with Gasteiger partial charge in [-0.3, -0.25) is 4.90 Å². The van der Waals surface area contributed by atoms with Gasteiger partial charge < -0.3 is 9.47 Å². The van der Waals surface area contributed by atoms with Crippen molar-refractivity contribution < 1.29 is 13.9 Å². The number of rotatable bonds is 7. The Bertz CT molecular complexity index is 609. The highest BCUT2D eigenvalue weighted by Gasteiger charge is 2.10. The van der Waals surface area contributed by atoms with Crippen molar-refractivity contribution in [1.29, 1.82) is 0 Å². The normalized spacial score (nSPS) is 14.8. The highest BCUT2D eigenvalue weighted by Crippen LogP contribution is 2.19.